The molecule has 0 aliphatic carbocycles. The first kappa shape index (κ1) is 17.8. The first-order valence-corrected chi connectivity index (χ1v) is 9.75. The number of hydrogen-bond donors (Lipinski definition) is 1. The summed E-state index contributed by atoms with van der Waals surface area (Å²) in [6, 6.07) is 3.86. The van der Waals surface area contributed by atoms with E-state index in [2.05, 4.69) is 10.3 Å². The molecule has 2 aromatic rings. The van der Waals surface area contributed by atoms with Crippen molar-refractivity contribution in [3.63, 3.8) is 0 Å². The SMILES string of the molecule is O=C(CN1C(=O)/C(=C\c2cccs2)SC1=S)NCCCn1ccnc1. The number of imidazole rings is 1. The second kappa shape index (κ2) is 8.41. The molecule has 25 heavy (non-hydrogen) atoms. The van der Waals surface area contributed by atoms with E-state index < -0.39 is 0 Å². The minimum atomic E-state index is -0.211. The van der Waals surface area contributed by atoms with Gasteiger partial charge in [-0.1, -0.05) is 30.0 Å². The maximum Gasteiger partial charge on any atom is 0.266 e. The van der Waals surface area contributed by atoms with Gasteiger partial charge in [0.1, 0.15) is 10.9 Å². The summed E-state index contributed by atoms with van der Waals surface area (Å²) < 4.78 is 2.37. The Morgan fingerprint density at radius 3 is 3.04 bits per heavy atom. The Morgan fingerprint density at radius 2 is 2.32 bits per heavy atom. The molecule has 9 heteroatoms. The number of carbonyl (C=O) groups is 2. The molecule has 2 aromatic heterocycles. The highest BCUT2D eigenvalue weighted by atomic mass is 32.2. The van der Waals surface area contributed by atoms with Gasteiger partial charge >= 0.3 is 0 Å². The molecule has 1 aliphatic rings. The summed E-state index contributed by atoms with van der Waals surface area (Å²) in [5.74, 6) is -0.420. The van der Waals surface area contributed by atoms with E-state index in [1.807, 2.05) is 34.4 Å². The number of hydrogen-bond acceptors (Lipinski definition) is 6. The monoisotopic (exact) mass is 392 g/mol. The van der Waals surface area contributed by atoms with Gasteiger partial charge in [0.25, 0.3) is 5.91 Å². The molecule has 0 unspecified atom stereocenters. The smallest absolute Gasteiger partial charge is 0.266 e. The number of thiocarbonyl (C=S) groups is 1. The molecule has 130 valence electrons. The van der Waals surface area contributed by atoms with Gasteiger partial charge in [-0.3, -0.25) is 14.5 Å². The van der Waals surface area contributed by atoms with Crippen LogP contribution in [0, 0.1) is 0 Å². The van der Waals surface area contributed by atoms with E-state index >= 15 is 0 Å². The molecule has 0 spiro atoms. The van der Waals surface area contributed by atoms with Gasteiger partial charge in [-0.05, 0) is 23.9 Å². The molecule has 0 bridgehead atoms. The predicted octanol–water partition coefficient (Wildman–Crippen LogP) is 2.35. The van der Waals surface area contributed by atoms with Gasteiger partial charge in [0, 0.05) is 30.4 Å². The Hall–Kier alpha value is -1.97. The lowest BCUT2D eigenvalue weighted by Crippen LogP contribution is -2.39. The molecule has 1 N–H and O–H groups in total. The molecule has 3 rings (SSSR count). The average molecular weight is 393 g/mol. The van der Waals surface area contributed by atoms with Crippen LogP contribution in [0.5, 0.6) is 0 Å². The van der Waals surface area contributed by atoms with Crippen LogP contribution in [0.1, 0.15) is 11.3 Å². The number of thioether (sulfide) groups is 1. The third-order valence-corrected chi connectivity index (χ3v) is 5.66. The Bertz CT molecular complexity index is 784. The number of thiophene rings is 1. The summed E-state index contributed by atoms with van der Waals surface area (Å²) in [6.45, 7) is 1.28. The van der Waals surface area contributed by atoms with Crippen LogP contribution >= 0.6 is 35.3 Å². The summed E-state index contributed by atoms with van der Waals surface area (Å²) in [4.78, 5) is 31.4. The third kappa shape index (κ3) is 4.77. The highest BCUT2D eigenvalue weighted by Crippen LogP contribution is 2.32. The maximum absolute atomic E-state index is 12.4. The standard InChI is InChI=1S/C16H16N4O2S3/c21-14(18-4-2-6-19-7-5-17-11-19)10-20-15(22)13(25-16(20)23)9-12-3-1-8-24-12/h1,3,5,7-9,11H,2,4,6,10H2,(H,18,21)/b13-9+. The first-order valence-electron chi connectivity index (χ1n) is 7.65. The molecule has 0 atom stereocenters. The van der Waals surface area contributed by atoms with Gasteiger partial charge < -0.3 is 9.88 Å². The molecule has 1 aliphatic heterocycles. The van der Waals surface area contributed by atoms with Crippen molar-refractivity contribution in [2.45, 2.75) is 13.0 Å². The minimum Gasteiger partial charge on any atom is -0.354 e. The second-order valence-electron chi connectivity index (χ2n) is 5.29. The number of nitrogens with zero attached hydrogens (tertiary/aromatic N) is 3. The van der Waals surface area contributed by atoms with Gasteiger partial charge in [-0.15, -0.1) is 11.3 Å². The van der Waals surface area contributed by atoms with E-state index in [-0.39, 0.29) is 18.4 Å². The van der Waals surface area contributed by atoms with E-state index in [0.29, 0.717) is 15.8 Å². The first-order chi connectivity index (χ1) is 12.1. The molecule has 2 amide bonds. The molecular weight excluding hydrogens is 376 g/mol. The van der Waals surface area contributed by atoms with Gasteiger partial charge in [0.15, 0.2) is 0 Å². The number of nitrogens with one attached hydrogen (secondary N) is 1. The highest BCUT2D eigenvalue weighted by molar-refractivity contribution is 8.26. The van der Waals surface area contributed by atoms with Crippen molar-refractivity contribution in [3.8, 4) is 0 Å². The molecule has 6 nitrogen and oxygen atoms in total. The van der Waals surface area contributed by atoms with E-state index in [0.717, 1.165) is 17.8 Å². The van der Waals surface area contributed by atoms with Crippen molar-refractivity contribution in [3.05, 3.63) is 46.0 Å². The average Bonchev–Trinajstić information content (AvgIpc) is 3.32. The topological polar surface area (TPSA) is 67.2 Å². The van der Waals surface area contributed by atoms with Crippen LogP contribution in [0.2, 0.25) is 0 Å². The molecule has 0 aromatic carbocycles. The van der Waals surface area contributed by atoms with Gasteiger partial charge in [0.2, 0.25) is 5.91 Å². The Labute approximate surface area is 158 Å². The normalized spacial score (nSPS) is 16.0. The minimum absolute atomic E-state index is 0.0441. The zero-order valence-corrected chi connectivity index (χ0v) is 15.7. The van der Waals surface area contributed by atoms with Crippen LogP contribution in [-0.2, 0) is 16.1 Å². The van der Waals surface area contributed by atoms with Crippen molar-refractivity contribution < 1.29 is 9.59 Å². The van der Waals surface area contributed by atoms with Gasteiger partial charge in [-0.25, -0.2) is 4.98 Å². The molecular formula is C16H16N4O2S3. The molecule has 1 saturated heterocycles. The predicted molar refractivity (Wildman–Crippen MR) is 104 cm³/mol. The van der Waals surface area contributed by atoms with Crippen LogP contribution < -0.4 is 5.32 Å². The van der Waals surface area contributed by atoms with E-state index in [1.165, 1.54) is 16.7 Å². The van der Waals surface area contributed by atoms with Crippen molar-refractivity contribution in [1.29, 1.82) is 0 Å². The van der Waals surface area contributed by atoms with Gasteiger partial charge in [-0.2, -0.15) is 0 Å². The lowest BCUT2D eigenvalue weighted by Gasteiger charge is -2.14. The largest absolute Gasteiger partial charge is 0.354 e. The van der Waals surface area contributed by atoms with Crippen molar-refractivity contribution >= 4 is 57.5 Å². The number of rotatable bonds is 7. The van der Waals surface area contributed by atoms with Crippen molar-refractivity contribution in [2.24, 2.45) is 0 Å². The zero-order valence-electron chi connectivity index (χ0n) is 13.3. The number of amides is 2. The fourth-order valence-electron chi connectivity index (χ4n) is 2.25. The van der Waals surface area contributed by atoms with Crippen LogP contribution in [-0.4, -0.2) is 43.7 Å². The Balaban J connectivity index is 1.47. The lowest BCUT2D eigenvalue weighted by atomic mass is 10.3. The van der Waals surface area contributed by atoms with Crippen molar-refractivity contribution in [2.75, 3.05) is 13.1 Å². The Kier molecular flexibility index (Phi) is 6.00. The van der Waals surface area contributed by atoms with E-state index in [4.69, 9.17) is 12.2 Å². The summed E-state index contributed by atoms with van der Waals surface area (Å²) in [7, 11) is 0. The second-order valence-corrected chi connectivity index (χ2v) is 7.94. The van der Waals surface area contributed by atoms with Crippen LogP contribution in [0.15, 0.2) is 41.1 Å². The number of carbonyl (C=O) groups excluding carboxylic acids is 2. The molecule has 1 fully saturated rings. The molecule has 0 saturated carbocycles. The fraction of sp³-hybridized carbons (Fsp3) is 0.250. The van der Waals surface area contributed by atoms with Gasteiger partial charge in [0.05, 0.1) is 11.2 Å². The highest BCUT2D eigenvalue weighted by Gasteiger charge is 2.33. The summed E-state index contributed by atoms with van der Waals surface area (Å²) in [5.41, 5.74) is 0. The van der Waals surface area contributed by atoms with Crippen LogP contribution in [0.25, 0.3) is 6.08 Å². The summed E-state index contributed by atoms with van der Waals surface area (Å²) in [6.07, 6.45) is 7.94. The summed E-state index contributed by atoms with van der Waals surface area (Å²) >= 11 is 8.02. The number of aromatic nitrogens is 2. The fourth-order valence-corrected chi connectivity index (χ4v) is 4.22. The number of aryl methyl sites for hydroxylation is 1. The van der Waals surface area contributed by atoms with E-state index in [1.54, 1.807) is 23.9 Å². The lowest BCUT2D eigenvalue weighted by molar-refractivity contribution is -0.128. The maximum atomic E-state index is 12.4. The summed E-state index contributed by atoms with van der Waals surface area (Å²) in [5, 5.41) is 4.77. The molecule has 3 heterocycles. The molecule has 0 radical (unpaired) electrons. The van der Waals surface area contributed by atoms with Crippen molar-refractivity contribution in [1.82, 2.24) is 19.8 Å². The van der Waals surface area contributed by atoms with Crippen LogP contribution in [0.4, 0.5) is 0 Å². The van der Waals surface area contributed by atoms with Crippen LogP contribution in [0.3, 0.4) is 0 Å². The quantitative estimate of drug-likeness (QED) is 0.445. The zero-order chi connectivity index (χ0) is 17.6. The Morgan fingerprint density at radius 1 is 1.44 bits per heavy atom. The third-order valence-electron chi connectivity index (χ3n) is 3.47. The van der Waals surface area contributed by atoms with E-state index in [9.17, 15) is 9.59 Å².